The van der Waals surface area contributed by atoms with Crippen LogP contribution >= 0.6 is 11.8 Å². The standard InChI is InChI=1S/C46H53N4O11S/c1-10-55-38-23(4)39-41(59-21-58-39)33-29-19-57-43(51)46(26-17-30(53-8)31(16-24(26)12-13-48-46)60-44(52)61-45(5,6)7)20-62-42(34(33)38)36-35-32-25(15-27(49-35)28(18-47)50(29)36)14-22(3)37(54-9)40(32)56-11-2/h14,16-17,27-29,35-36,42,48H,10-13,15,19-21H2,1-9H3/q-1/t27-,28-,29-,35+,36?,42+,46+/m0/s1. The summed E-state index contributed by atoms with van der Waals surface area (Å²) < 4.78 is 55.1. The molecule has 7 heterocycles. The monoisotopic (exact) mass is 869 g/mol. The lowest BCUT2D eigenvalue weighted by molar-refractivity contribution is -0.155. The van der Waals surface area contributed by atoms with Crippen molar-refractivity contribution in [2.75, 3.05) is 53.1 Å². The molecule has 330 valence electrons. The largest absolute Gasteiger partial charge is 0.649 e. The first-order chi connectivity index (χ1) is 29.8. The second-order valence-electron chi connectivity index (χ2n) is 17.4. The lowest BCUT2D eigenvalue weighted by Crippen LogP contribution is -2.64. The predicted octanol–water partition coefficient (Wildman–Crippen LogP) is 7.20. The molecule has 4 bridgehead atoms. The summed E-state index contributed by atoms with van der Waals surface area (Å²) in [5, 5.41) is 19.9. The number of nitriles is 1. The van der Waals surface area contributed by atoms with E-state index in [1.807, 2.05) is 27.7 Å². The molecule has 15 nitrogen and oxygen atoms in total. The maximum atomic E-state index is 15.1. The highest BCUT2D eigenvalue weighted by Gasteiger charge is 2.57. The van der Waals surface area contributed by atoms with Gasteiger partial charge >= 0.3 is 12.1 Å². The summed E-state index contributed by atoms with van der Waals surface area (Å²) in [5.41, 5.74) is 4.77. The molecule has 0 aliphatic carbocycles. The van der Waals surface area contributed by atoms with Crippen LogP contribution in [0, 0.1) is 25.2 Å². The number of fused-ring (bicyclic) bond motifs is 9. The SMILES string of the molecule is CCOc1c(OC)c(C)cc2c1[C@H]1[N-][C@@H](C2)[C@H](C#N)N2C1[C@@H]1SC[C@]3(NCCc4cc(OC(=O)OC(C)(C)C)c(OC)cc43)C(=O)OC[C@H]2c2c3c(c(C)c(OCC)c21)OCO3. The Kier molecular flexibility index (Phi) is 10.8. The number of methoxy groups -OCH3 is 2. The fourth-order valence-electron chi connectivity index (χ4n) is 10.4. The number of aryl methyl sites for hydroxylation is 1. The normalized spacial score (nSPS) is 26.8. The minimum Gasteiger partial charge on any atom is -0.649 e. The van der Waals surface area contributed by atoms with Gasteiger partial charge in [-0.15, -0.1) is 17.8 Å². The summed E-state index contributed by atoms with van der Waals surface area (Å²) in [5.74, 6) is 3.29. The van der Waals surface area contributed by atoms with Crippen LogP contribution in [0.15, 0.2) is 18.2 Å². The number of piperazine rings is 1. The second kappa shape index (κ2) is 15.9. The van der Waals surface area contributed by atoms with E-state index >= 15 is 4.79 Å². The molecule has 1 N–H and O–H groups in total. The molecule has 0 aromatic heterocycles. The zero-order chi connectivity index (χ0) is 43.8. The van der Waals surface area contributed by atoms with E-state index in [0.29, 0.717) is 66.9 Å². The van der Waals surface area contributed by atoms with Gasteiger partial charge in [0.25, 0.3) is 0 Å². The first-order valence-electron chi connectivity index (χ1n) is 21.2. The number of thioether (sulfide) groups is 1. The van der Waals surface area contributed by atoms with E-state index in [-0.39, 0.29) is 36.7 Å². The number of carbonyl (C=O) groups excluding carboxylic acids is 2. The molecule has 62 heavy (non-hydrogen) atoms. The van der Waals surface area contributed by atoms with Crippen molar-refractivity contribution < 1.29 is 52.2 Å². The topological polar surface area (TPSA) is 170 Å². The summed E-state index contributed by atoms with van der Waals surface area (Å²) in [6.07, 6.45) is 0.196. The summed E-state index contributed by atoms with van der Waals surface area (Å²) in [4.78, 5) is 30.2. The number of rotatable bonds is 7. The van der Waals surface area contributed by atoms with E-state index in [0.717, 1.165) is 38.9 Å². The number of hydrogen-bond acceptors (Lipinski definition) is 15. The van der Waals surface area contributed by atoms with Gasteiger partial charge in [-0.1, -0.05) is 12.1 Å². The van der Waals surface area contributed by atoms with Crippen LogP contribution in [0.1, 0.15) is 96.5 Å². The molecule has 7 aliphatic rings. The molecule has 0 amide bonds. The Hall–Kier alpha value is -5.08. The minimum absolute atomic E-state index is 0.0176. The molecular weight excluding hydrogens is 817 g/mol. The van der Waals surface area contributed by atoms with Gasteiger partial charge in [-0.05, 0) is 101 Å². The van der Waals surface area contributed by atoms with Gasteiger partial charge in [0.15, 0.2) is 40.0 Å². The summed E-state index contributed by atoms with van der Waals surface area (Å²) in [7, 11) is 3.14. The molecule has 0 saturated carbocycles. The molecule has 1 unspecified atom stereocenters. The van der Waals surface area contributed by atoms with E-state index < -0.39 is 52.7 Å². The molecule has 7 aliphatic heterocycles. The van der Waals surface area contributed by atoms with Gasteiger partial charge in [0.1, 0.15) is 18.0 Å². The van der Waals surface area contributed by atoms with Crippen molar-refractivity contribution in [3.8, 4) is 46.3 Å². The van der Waals surface area contributed by atoms with Crippen LogP contribution in [-0.2, 0) is 32.6 Å². The van der Waals surface area contributed by atoms with Crippen molar-refractivity contribution in [1.82, 2.24) is 10.2 Å². The van der Waals surface area contributed by atoms with Crippen molar-refractivity contribution in [3.63, 3.8) is 0 Å². The Labute approximate surface area is 365 Å². The van der Waals surface area contributed by atoms with Crippen LogP contribution in [0.3, 0.4) is 0 Å². The fourth-order valence-corrected chi connectivity index (χ4v) is 12.1. The summed E-state index contributed by atoms with van der Waals surface area (Å²) in [6.45, 7) is 14.3. The second-order valence-corrected chi connectivity index (χ2v) is 18.5. The van der Waals surface area contributed by atoms with Gasteiger partial charge < -0.3 is 47.9 Å². The van der Waals surface area contributed by atoms with Crippen molar-refractivity contribution in [2.24, 2.45) is 0 Å². The zero-order valence-electron chi connectivity index (χ0n) is 36.6. The maximum absolute atomic E-state index is 15.1. The quantitative estimate of drug-likeness (QED) is 0.187. The molecule has 10 rings (SSSR count). The van der Waals surface area contributed by atoms with E-state index in [1.165, 1.54) is 7.11 Å². The van der Waals surface area contributed by atoms with Gasteiger partial charge in [-0.25, -0.2) is 9.59 Å². The third-order valence-electron chi connectivity index (χ3n) is 12.7. The van der Waals surface area contributed by atoms with Crippen LogP contribution in [0.5, 0.6) is 40.2 Å². The summed E-state index contributed by atoms with van der Waals surface area (Å²) >= 11 is 1.58. The number of ether oxygens (including phenoxy) is 9. The van der Waals surface area contributed by atoms with Crippen molar-refractivity contribution in [1.29, 1.82) is 5.26 Å². The molecule has 3 aromatic carbocycles. The molecule has 0 radical (unpaired) electrons. The zero-order valence-corrected chi connectivity index (χ0v) is 37.4. The Balaban J connectivity index is 1.25. The molecule has 2 saturated heterocycles. The molecular formula is C46H53N4O11S-. The van der Waals surface area contributed by atoms with Crippen molar-refractivity contribution >= 4 is 23.9 Å². The number of hydrogen-bond donors (Lipinski definition) is 1. The lowest BCUT2D eigenvalue weighted by atomic mass is 9.72. The number of benzene rings is 3. The van der Waals surface area contributed by atoms with E-state index in [9.17, 15) is 10.1 Å². The van der Waals surface area contributed by atoms with Crippen LogP contribution in [0.4, 0.5) is 4.79 Å². The smallest absolute Gasteiger partial charge is 0.514 e. The lowest BCUT2D eigenvalue weighted by Gasteiger charge is -2.65. The van der Waals surface area contributed by atoms with Crippen LogP contribution < -0.4 is 38.5 Å². The molecule has 3 aromatic rings. The van der Waals surface area contributed by atoms with E-state index in [4.69, 9.17) is 47.9 Å². The molecule has 7 atom stereocenters. The van der Waals surface area contributed by atoms with Gasteiger partial charge in [-0.2, -0.15) is 5.26 Å². The van der Waals surface area contributed by atoms with E-state index in [2.05, 4.69) is 22.4 Å². The van der Waals surface area contributed by atoms with Crippen molar-refractivity contribution in [3.05, 3.63) is 68.0 Å². The van der Waals surface area contributed by atoms with Crippen LogP contribution in [0.2, 0.25) is 0 Å². The van der Waals surface area contributed by atoms with Gasteiger partial charge in [0.2, 0.25) is 6.79 Å². The predicted molar refractivity (Wildman–Crippen MR) is 228 cm³/mol. The Morgan fingerprint density at radius 1 is 0.984 bits per heavy atom. The highest BCUT2D eigenvalue weighted by atomic mass is 32.2. The van der Waals surface area contributed by atoms with Gasteiger partial charge in [0, 0.05) is 40.3 Å². The minimum atomic E-state index is -1.36. The average molecular weight is 870 g/mol. The molecule has 1 spiro atoms. The third kappa shape index (κ3) is 6.57. The summed E-state index contributed by atoms with van der Waals surface area (Å²) in [6, 6.07) is 5.69. The average Bonchev–Trinajstić information content (AvgIpc) is 3.73. The van der Waals surface area contributed by atoms with E-state index in [1.54, 1.807) is 51.8 Å². The number of carbonyl (C=O) groups is 2. The Morgan fingerprint density at radius 3 is 2.45 bits per heavy atom. The maximum Gasteiger partial charge on any atom is 0.514 e. The first kappa shape index (κ1) is 42.2. The Bertz CT molecular complexity index is 2380. The number of nitrogens with zero attached hydrogens (tertiary/aromatic N) is 3. The molecule has 2 fully saturated rings. The fraction of sp³-hybridized carbons (Fsp3) is 0.543. The van der Waals surface area contributed by atoms with Gasteiger partial charge in [-0.3, -0.25) is 10.2 Å². The van der Waals surface area contributed by atoms with Crippen LogP contribution in [-0.4, -0.2) is 93.9 Å². The number of nitrogens with one attached hydrogen (secondary N) is 1. The first-order valence-corrected chi connectivity index (χ1v) is 22.3. The van der Waals surface area contributed by atoms with Gasteiger partial charge in [0.05, 0.1) is 45.6 Å². The van der Waals surface area contributed by atoms with Crippen molar-refractivity contribution in [2.45, 2.75) is 108 Å². The Morgan fingerprint density at radius 2 is 1.74 bits per heavy atom. The third-order valence-corrected chi connectivity index (χ3v) is 14.2. The van der Waals surface area contributed by atoms with Crippen LogP contribution in [0.25, 0.3) is 5.32 Å². The molecule has 16 heteroatoms. The highest BCUT2D eigenvalue weighted by Crippen LogP contribution is 2.65. The number of esters is 1. The highest BCUT2D eigenvalue weighted by molar-refractivity contribution is 7.99.